The van der Waals surface area contributed by atoms with Crippen molar-refractivity contribution in [3.63, 3.8) is 0 Å². The number of imidazole rings is 2. The monoisotopic (exact) mass is 433 g/mol. The molecule has 8 nitrogen and oxygen atoms in total. The van der Waals surface area contributed by atoms with Crippen molar-refractivity contribution in [1.29, 1.82) is 0 Å². The van der Waals surface area contributed by atoms with Crippen LogP contribution in [0.5, 0.6) is 0 Å². The molecule has 0 spiro atoms. The fourth-order valence-corrected chi connectivity index (χ4v) is 4.54. The molecule has 4 heterocycles. The van der Waals surface area contributed by atoms with Gasteiger partial charge in [0.05, 0.1) is 12.6 Å². The highest BCUT2D eigenvalue weighted by atomic mass is 16.5. The van der Waals surface area contributed by atoms with Gasteiger partial charge in [-0.05, 0) is 32.3 Å². The summed E-state index contributed by atoms with van der Waals surface area (Å²) in [5, 5.41) is 0. The van der Waals surface area contributed by atoms with Crippen molar-refractivity contribution in [1.82, 2.24) is 23.1 Å². The molecule has 8 heteroatoms. The quantitative estimate of drug-likeness (QED) is 0.485. The first-order valence-electron chi connectivity index (χ1n) is 11.0. The molecule has 3 aromatic heterocycles. The van der Waals surface area contributed by atoms with Crippen molar-refractivity contribution in [2.75, 3.05) is 6.61 Å². The third-order valence-corrected chi connectivity index (χ3v) is 6.44. The summed E-state index contributed by atoms with van der Waals surface area (Å²) in [4.78, 5) is 31.2. The molecule has 4 aromatic rings. The Hall–Kier alpha value is -3.39. The Morgan fingerprint density at radius 2 is 1.91 bits per heavy atom. The van der Waals surface area contributed by atoms with Crippen LogP contribution in [0, 0.1) is 13.8 Å². The van der Waals surface area contributed by atoms with Gasteiger partial charge in [0.25, 0.3) is 5.56 Å². The van der Waals surface area contributed by atoms with Crippen LogP contribution in [0.4, 0.5) is 0 Å². The van der Waals surface area contributed by atoms with Gasteiger partial charge in [0.15, 0.2) is 11.2 Å². The molecule has 0 amide bonds. The summed E-state index contributed by atoms with van der Waals surface area (Å²) in [5.41, 5.74) is 3.15. The molecule has 166 valence electrons. The molecule has 0 unspecified atom stereocenters. The van der Waals surface area contributed by atoms with E-state index in [1.54, 1.807) is 7.05 Å². The largest absolute Gasteiger partial charge is 0.376 e. The summed E-state index contributed by atoms with van der Waals surface area (Å²) in [7, 11) is 1.67. The number of fused-ring (bicyclic) bond motifs is 3. The van der Waals surface area contributed by atoms with E-state index in [1.165, 1.54) is 9.13 Å². The first-order chi connectivity index (χ1) is 15.5. The van der Waals surface area contributed by atoms with Crippen LogP contribution in [-0.2, 0) is 24.9 Å². The van der Waals surface area contributed by atoms with Gasteiger partial charge in [0.2, 0.25) is 5.78 Å². The van der Waals surface area contributed by atoms with E-state index in [0.717, 1.165) is 36.4 Å². The number of benzene rings is 1. The molecular weight excluding hydrogens is 406 g/mol. The van der Waals surface area contributed by atoms with Crippen molar-refractivity contribution in [2.24, 2.45) is 7.05 Å². The lowest BCUT2D eigenvalue weighted by molar-refractivity contribution is 0.0974. The first-order valence-corrected chi connectivity index (χ1v) is 11.0. The van der Waals surface area contributed by atoms with Gasteiger partial charge in [-0.2, -0.15) is 4.98 Å². The highest BCUT2D eigenvalue weighted by Gasteiger charge is 2.24. The molecule has 0 radical (unpaired) electrons. The molecule has 5 rings (SSSR count). The van der Waals surface area contributed by atoms with E-state index in [2.05, 4.69) is 4.57 Å². The Bertz CT molecular complexity index is 1450. The lowest BCUT2D eigenvalue weighted by Crippen LogP contribution is -2.39. The molecule has 32 heavy (non-hydrogen) atoms. The topological polar surface area (TPSA) is 75.5 Å². The zero-order valence-electron chi connectivity index (χ0n) is 18.6. The summed E-state index contributed by atoms with van der Waals surface area (Å²) in [6.07, 6.45) is 5.97. The van der Waals surface area contributed by atoms with E-state index in [-0.39, 0.29) is 23.9 Å². The van der Waals surface area contributed by atoms with E-state index in [1.807, 2.05) is 60.7 Å². The predicted molar refractivity (Wildman–Crippen MR) is 124 cm³/mol. The molecule has 0 aliphatic carbocycles. The number of rotatable bonds is 5. The maximum atomic E-state index is 13.5. The summed E-state index contributed by atoms with van der Waals surface area (Å²) in [6.45, 7) is 5.69. The number of allylic oxidation sites excluding steroid dienone is 1. The van der Waals surface area contributed by atoms with Crippen LogP contribution in [0.15, 0.2) is 46.0 Å². The van der Waals surface area contributed by atoms with Crippen LogP contribution in [0.1, 0.15) is 29.8 Å². The van der Waals surface area contributed by atoms with Crippen molar-refractivity contribution in [3.8, 4) is 0 Å². The smallest absolute Gasteiger partial charge is 0.332 e. The maximum absolute atomic E-state index is 13.5. The zero-order chi connectivity index (χ0) is 22.4. The molecule has 1 atom stereocenters. The van der Waals surface area contributed by atoms with Gasteiger partial charge in [-0.1, -0.05) is 42.5 Å². The van der Waals surface area contributed by atoms with Crippen LogP contribution < -0.4 is 11.2 Å². The third-order valence-electron chi connectivity index (χ3n) is 6.44. The van der Waals surface area contributed by atoms with Crippen LogP contribution in [0.2, 0.25) is 0 Å². The third kappa shape index (κ3) is 3.22. The molecule has 1 saturated heterocycles. The van der Waals surface area contributed by atoms with E-state index >= 15 is 0 Å². The molecule has 1 aromatic carbocycles. The number of ether oxygens (including phenoxy) is 1. The minimum atomic E-state index is -0.374. The van der Waals surface area contributed by atoms with Crippen LogP contribution >= 0.6 is 0 Å². The van der Waals surface area contributed by atoms with Crippen molar-refractivity contribution >= 4 is 23.0 Å². The van der Waals surface area contributed by atoms with Crippen LogP contribution in [-0.4, -0.2) is 35.8 Å². The van der Waals surface area contributed by atoms with Crippen LogP contribution in [0.25, 0.3) is 23.0 Å². The number of hydrogen-bond acceptors (Lipinski definition) is 4. The first kappa shape index (κ1) is 20.5. The number of aryl methyl sites for hydroxylation is 2. The standard InChI is InChI=1S/C24H27N5O3/c1-16-17(2)29-20-21(25-23(29)28(16)15-19-12-8-14-32-19)26(3)24(31)27(22(20)30)13-7-11-18-9-5-4-6-10-18/h4-7,9-11,19H,8,12-15H2,1-3H3/b11-7+/t19-/m0/s1. The van der Waals surface area contributed by atoms with Crippen molar-refractivity contribution < 1.29 is 4.74 Å². The Labute approximate surface area is 185 Å². The molecule has 0 saturated carbocycles. The number of aromatic nitrogens is 5. The fourth-order valence-electron chi connectivity index (χ4n) is 4.54. The van der Waals surface area contributed by atoms with Gasteiger partial charge in [-0.25, -0.2) is 4.79 Å². The van der Waals surface area contributed by atoms with E-state index in [4.69, 9.17) is 9.72 Å². The lowest BCUT2D eigenvalue weighted by atomic mass is 10.2. The van der Waals surface area contributed by atoms with Gasteiger partial charge >= 0.3 is 5.69 Å². The molecule has 0 N–H and O–H groups in total. The average Bonchev–Trinajstić information content (AvgIpc) is 3.50. The summed E-state index contributed by atoms with van der Waals surface area (Å²) >= 11 is 0. The Morgan fingerprint density at radius 1 is 1.12 bits per heavy atom. The molecule has 1 fully saturated rings. The second-order valence-electron chi connectivity index (χ2n) is 8.41. The van der Waals surface area contributed by atoms with Gasteiger partial charge in [-0.3, -0.25) is 18.3 Å². The van der Waals surface area contributed by atoms with E-state index in [9.17, 15) is 9.59 Å². The van der Waals surface area contributed by atoms with Gasteiger partial charge < -0.3 is 9.30 Å². The predicted octanol–water partition coefficient (Wildman–Crippen LogP) is 2.66. The number of nitrogens with zero attached hydrogens (tertiary/aromatic N) is 5. The van der Waals surface area contributed by atoms with E-state index in [0.29, 0.717) is 23.5 Å². The van der Waals surface area contributed by atoms with Crippen LogP contribution in [0.3, 0.4) is 0 Å². The zero-order valence-corrected chi connectivity index (χ0v) is 18.6. The van der Waals surface area contributed by atoms with Gasteiger partial charge in [-0.15, -0.1) is 0 Å². The Balaban J connectivity index is 1.64. The highest BCUT2D eigenvalue weighted by molar-refractivity contribution is 5.76. The average molecular weight is 434 g/mol. The second-order valence-corrected chi connectivity index (χ2v) is 8.41. The van der Waals surface area contributed by atoms with Crippen molar-refractivity contribution in [2.45, 2.75) is 45.9 Å². The summed E-state index contributed by atoms with van der Waals surface area (Å²) < 4.78 is 12.5. The summed E-state index contributed by atoms with van der Waals surface area (Å²) in [6, 6.07) is 9.80. The molecule has 1 aliphatic heterocycles. The molecular formula is C24H27N5O3. The highest BCUT2D eigenvalue weighted by Crippen LogP contribution is 2.23. The SMILES string of the molecule is Cc1c(C)n2c3c(=O)n(C/C=C/c4ccccc4)c(=O)n(C)c3nc2n1C[C@@H]1CCCO1. The minimum Gasteiger partial charge on any atom is -0.376 e. The van der Waals surface area contributed by atoms with Gasteiger partial charge in [0.1, 0.15) is 0 Å². The Kier molecular flexibility index (Phi) is 5.09. The van der Waals surface area contributed by atoms with Crippen molar-refractivity contribution in [3.05, 3.63) is 74.2 Å². The fraction of sp³-hybridized carbons (Fsp3) is 0.375. The van der Waals surface area contributed by atoms with Gasteiger partial charge in [0, 0.05) is 31.6 Å². The van der Waals surface area contributed by atoms with E-state index < -0.39 is 0 Å². The minimum absolute atomic E-state index is 0.146. The lowest BCUT2D eigenvalue weighted by Gasteiger charge is -2.12. The maximum Gasteiger partial charge on any atom is 0.332 e. The number of hydrogen-bond donors (Lipinski definition) is 0. The summed E-state index contributed by atoms with van der Waals surface area (Å²) in [5.74, 6) is 0.676. The normalized spacial score (nSPS) is 16.8. The Morgan fingerprint density at radius 3 is 2.62 bits per heavy atom. The molecule has 0 bridgehead atoms. The molecule has 1 aliphatic rings. The second kappa shape index (κ2) is 7.94.